The predicted octanol–water partition coefficient (Wildman–Crippen LogP) is 4.60. The fourth-order valence-corrected chi connectivity index (χ4v) is 4.84. The number of hydrogen-bond donors (Lipinski definition) is 1. The average Bonchev–Trinajstić information content (AvgIpc) is 3.46. The van der Waals surface area contributed by atoms with Crippen LogP contribution in [-0.4, -0.2) is 37.4 Å². The minimum atomic E-state index is -0.357. The molecule has 5 rings (SSSR count). The van der Waals surface area contributed by atoms with E-state index in [1.54, 1.807) is 7.11 Å². The number of amides is 1. The van der Waals surface area contributed by atoms with Crippen molar-refractivity contribution in [1.82, 2.24) is 24.4 Å². The van der Waals surface area contributed by atoms with Gasteiger partial charge in [-0.15, -0.1) is 0 Å². The molecule has 1 aromatic carbocycles. The molecule has 1 fully saturated rings. The van der Waals surface area contributed by atoms with E-state index in [4.69, 9.17) is 15.1 Å². The lowest BCUT2D eigenvalue weighted by molar-refractivity contribution is 0.102. The Hall–Kier alpha value is -3.93. The molecule has 9 nitrogen and oxygen atoms in total. The molecular weight excluding hydrogens is 430 g/mol. The van der Waals surface area contributed by atoms with Gasteiger partial charge in [0, 0.05) is 23.8 Å². The third-order valence-electron chi connectivity index (χ3n) is 6.88. The highest BCUT2D eigenvalue weighted by molar-refractivity contribution is 6.09. The molecule has 0 spiro atoms. The maximum atomic E-state index is 13.0. The lowest BCUT2D eigenvalue weighted by Gasteiger charge is -2.30. The Labute approximate surface area is 197 Å². The molecule has 0 atom stereocenters. The number of nitrogens with one attached hydrogen (secondary N) is 1. The summed E-state index contributed by atoms with van der Waals surface area (Å²) in [6, 6.07) is 6.16. The summed E-state index contributed by atoms with van der Waals surface area (Å²) in [5.74, 6) is 1.70. The van der Waals surface area contributed by atoms with Gasteiger partial charge in [-0.3, -0.25) is 9.48 Å². The Kier molecular flexibility index (Phi) is 5.65. The Balaban J connectivity index is 1.40. The molecule has 174 valence electrons. The van der Waals surface area contributed by atoms with Gasteiger partial charge in [0.25, 0.3) is 5.91 Å². The number of methoxy groups -OCH3 is 1. The van der Waals surface area contributed by atoms with Crippen molar-refractivity contribution in [2.45, 2.75) is 45.6 Å². The molecule has 1 amide bonds. The first-order valence-electron chi connectivity index (χ1n) is 11.6. The number of carbonyl (C=O) groups is 1. The Morgan fingerprint density at radius 3 is 2.71 bits per heavy atom. The van der Waals surface area contributed by atoms with Gasteiger partial charge in [0.15, 0.2) is 5.65 Å². The molecule has 1 aliphatic carbocycles. The standard InChI is InChI=1S/C25H27N7O2/c1-15(2)17-4-6-19(7-5-17)31-14-18-8-22(23(34-3)9-21(18)30-31)29-25(33)20-12-28-32-13-16(10-26)11-27-24(20)32/h8-9,11-15,17,19H,4-7H2,1-3H3,(H,29,33)/t17-,19-. The topological polar surface area (TPSA) is 110 Å². The molecule has 9 heteroatoms. The van der Waals surface area contributed by atoms with Crippen LogP contribution in [0.1, 0.15) is 61.5 Å². The third kappa shape index (κ3) is 3.96. The van der Waals surface area contributed by atoms with Crippen molar-refractivity contribution >= 4 is 28.1 Å². The fourth-order valence-electron chi connectivity index (χ4n) is 4.84. The number of hydrogen-bond acceptors (Lipinski definition) is 6. The van der Waals surface area contributed by atoms with Crippen LogP contribution in [0, 0.1) is 23.2 Å². The first-order chi connectivity index (χ1) is 16.5. The summed E-state index contributed by atoms with van der Waals surface area (Å²) >= 11 is 0. The average molecular weight is 458 g/mol. The Bertz CT molecular complexity index is 1400. The first kappa shape index (κ1) is 21.9. The van der Waals surface area contributed by atoms with Crippen LogP contribution in [-0.2, 0) is 0 Å². The predicted molar refractivity (Wildman–Crippen MR) is 128 cm³/mol. The van der Waals surface area contributed by atoms with Gasteiger partial charge in [0.2, 0.25) is 0 Å². The molecule has 0 unspecified atom stereocenters. The van der Waals surface area contributed by atoms with Crippen LogP contribution in [0.2, 0.25) is 0 Å². The van der Waals surface area contributed by atoms with E-state index in [2.05, 4.69) is 40.1 Å². The summed E-state index contributed by atoms with van der Waals surface area (Å²) in [4.78, 5) is 17.3. The molecule has 34 heavy (non-hydrogen) atoms. The molecule has 1 N–H and O–H groups in total. The molecule has 0 radical (unpaired) electrons. The molecule has 0 saturated heterocycles. The number of nitrogens with zero attached hydrogens (tertiary/aromatic N) is 6. The van der Waals surface area contributed by atoms with E-state index < -0.39 is 0 Å². The third-order valence-corrected chi connectivity index (χ3v) is 6.88. The summed E-state index contributed by atoms with van der Waals surface area (Å²) in [6.07, 6.45) is 11.2. The second-order valence-electron chi connectivity index (χ2n) is 9.27. The summed E-state index contributed by atoms with van der Waals surface area (Å²) in [5.41, 5.74) is 2.44. The van der Waals surface area contributed by atoms with E-state index in [1.807, 2.05) is 18.2 Å². The number of nitriles is 1. The quantitative estimate of drug-likeness (QED) is 0.469. The van der Waals surface area contributed by atoms with E-state index in [1.165, 1.54) is 35.9 Å². The SMILES string of the molecule is COc1cc2nn([C@H]3CC[C@H](C(C)C)CC3)cc2cc1NC(=O)c1cnn2cc(C#N)cnc12. The molecule has 4 aromatic rings. The molecule has 0 bridgehead atoms. The van der Waals surface area contributed by atoms with Gasteiger partial charge in [0.05, 0.1) is 42.3 Å². The van der Waals surface area contributed by atoms with Gasteiger partial charge < -0.3 is 10.1 Å². The van der Waals surface area contributed by atoms with E-state index >= 15 is 0 Å². The maximum absolute atomic E-state index is 13.0. The van der Waals surface area contributed by atoms with Crippen molar-refractivity contribution in [1.29, 1.82) is 5.26 Å². The normalized spacial score (nSPS) is 18.3. The molecule has 3 heterocycles. The molecule has 0 aliphatic heterocycles. The van der Waals surface area contributed by atoms with Crippen LogP contribution in [0.5, 0.6) is 5.75 Å². The van der Waals surface area contributed by atoms with E-state index in [0.29, 0.717) is 34.3 Å². The van der Waals surface area contributed by atoms with Gasteiger partial charge in [-0.25, -0.2) is 9.50 Å². The van der Waals surface area contributed by atoms with E-state index in [0.717, 1.165) is 35.6 Å². The highest BCUT2D eigenvalue weighted by Gasteiger charge is 2.25. The van der Waals surface area contributed by atoms with Gasteiger partial charge >= 0.3 is 0 Å². The van der Waals surface area contributed by atoms with E-state index in [-0.39, 0.29) is 5.91 Å². The lowest BCUT2D eigenvalue weighted by Crippen LogP contribution is -2.21. The molecule has 3 aromatic heterocycles. The van der Waals surface area contributed by atoms with Crippen LogP contribution in [0.3, 0.4) is 0 Å². The van der Waals surface area contributed by atoms with Crippen LogP contribution in [0.4, 0.5) is 5.69 Å². The Morgan fingerprint density at radius 2 is 2.00 bits per heavy atom. The monoisotopic (exact) mass is 457 g/mol. The van der Waals surface area contributed by atoms with Crippen LogP contribution < -0.4 is 10.1 Å². The second-order valence-corrected chi connectivity index (χ2v) is 9.27. The second kappa shape index (κ2) is 8.78. The van der Waals surface area contributed by atoms with Gasteiger partial charge in [-0.05, 0) is 43.6 Å². The fraction of sp³-hybridized carbons (Fsp3) is 0.400. The highest BCUT2D eigenvalue weighted by Crippen LogP contribution is 2.37. The zero-order valence-electron chi connectivity index (χ0n) is 19.5. The summed E-state index contributed by atoms with van der Waals surface area (Å²) < 4.78 is 9.05. The van der Waals surface area contributed by atoms with Crippen molar-refractivity contribution in [2.75, 3.05) is 12.4 Å². The number of rotatable bonds is 5. The van der Waals surface area contributed by atoms with Crippen LogP contribution in [0.15, 0.2) is 36.9 Å². The number of aromatic nitrogens is 5. The number of carbonyl (C=O) groups excluding carboxylic acids is 1. The minimum Gasteiger partial charge on any atom is -0.494 e. The zero-order chi connectivity index (χ0) is 23.8. The number of fused-ring (bicyclic) bond motifs is 2. The highest BCUT2D eigenvalue weighted by atomic mass is 16.5. The summed E-state index contributed by atoms with van der Waals surface area (Å²) in [5, 5.41) is 21.9. The molecule has 1 saturated carbocycles. The number of benzene rings is 1. The summed E-state index contributed by atoms with van der Waals surface area (Å²) in [7, 11) is 1.57. The van der Waals surface area contributed by atoms with Gasteiger partial charge in [-0.2, -0.15) is 15.5 Å². The van der Waals surface area contributed by atoms with Crippen molar-refractivity contribution in [3.05, 3.63) is 48.0 Å². The largest absolute Gasteiger partial charge is 0.494 e. The van der Waals surface area contributed by atoms with Crippen molar-refractivity contribution in [3.63, 3.8) is 0 Å². The number of ether oxygens (including phenoxy) is 1. The van der Waals surface area contributed by atoms with Crippen molar-refractivity contribution < 1.29 is 9.53 Å². The van der Waals surface area contributed by atoms with E-state index in [9.17, 15) is 4.79 Å². The van der Waals surface area contributed by atoms with Crippen LogP contribution >= 0.6 is 0 Å². The Morgan fingerprint density at radius 1 is 1.21 bits per heavy atom. The van der Waals surface area contributed by atoms with Crippen molar-refractivity contribution in [3.8, 4) is 11.8 Å². The van der Waals surface area contributed by atoms with Gasteiger partial charge in [0.1, 0.15) is 17.4 Å². The van der Waals surface area contributed by atoms with Crippen molar-refractivity contribution in [2.24, 2.45) is 11.8 Å². The van der Waals surface area contributed by atoms with Crippen LogP contribution in [0.25, 0.3) is 16.6 Å². The smallest absolute Gasteiger partial charge is 0.261 e. The molecular formula is C25H27N7O2. The summed E-state index contributed by atoms with van der Waals surface area (Å²) in [6.45, 7) is 4.61. The van der Waals surface area contributed by atoms with Gasteiger partial charge in [-0.1, -0.05) is 13.8 Å². The molecule has 1 aliphatic rings. The zero-order valence-corrected chi connectivity index (χ0v) is 19.5. The first-order valence-corrected chi connectivity index (χ1v) is 11.6. The maximum Gasteiger partial charge on any atom is 0.261 e. The number of anilines is 1. The minimum absolute atomic E-state index is 0.309. The lowest BCUT2D eigenvalue weighted by atomic mass is 9.80.